The molecule has 0 aliphatic carbocycles. The van der Waals surface area contributed by atoms with Crippen molar-refractivity contribution in [3.8, 4) is 0 Å². The minimum atomic E-state index is -4.44. The molecule has 1 aliphatic rings. The fourth-order valence-corrected chi connectivity index (χ4v) is 3.22. The highest BCUT2D eigenvalue weighted by molar-refractivity contribution is 6.07. The summed E-state index contributed by atoms with van der Waals surface area (Å²) in [7, 11) is 0. The van der Waals surface area contributed by atoms with Crippen LogP contribution in [0.2, 0.25) is 0 Å². The second kappa shape index (κ2) is 8.63. The Bertz CT molecular complexity index is 925. The second-order valence-electron chi connectivity index (χ2n) is 8.39. The summed E-state index contributed by atoms with van der Waals surface area (Å²) < 4.78 is 44.1. The van der Waals surface area contributed by atoms with Crippen LogP contribution in [0.1, 0.15) is 45.6 Å². The first kappa shape index (κ1) is 22.1. The molecule has 1 aromatic heterocycles. The number of aliphatic imine (C=N–C) groups is 1. The number of rotatable bonds is 3. The standard InChI is InChI=1S/C20H26F3N5O2/c1-19(2,3)26-18(24-16(29)10-12-6-8-30-9-7-12)25-17-14-5-4-13(20(21,22)23)11-15(14)27-28-17/h4-5,11-12H,6-10H2,1-3H3,(H3,24,25,26,27,28,29). The number of carbonyl (C=O) groups is 1. The molecule has 30 heavy (non-hydrogen) atoms. The van der Waals surface area contributed by atoms with E-state index >= 15 is 0 Å². The lowest BCUT2D eigenvalue weighted by molar-refractivity contribution is -0.137. The Morgan fingerprint density at radius 1 is 1.27 bits per heavy atom. The van der Waals surface area contributed by atoms with Crippen molar-refractivity contribution >= 4 is 28.6 Å². The zero-order chi connectivity index (χ0) is 21.9. The van der Waals surface area contributed by atoms with Crippen LogP contribution in [-0.2, 0) is 15.7 Å². The van der Waals surface area contributed by atoms with E-state index in [2.05, 4.69) is 25.8 Å². The van der Waals surface area contributed by atoms with E-state index in [1.165, 1.54) is 6.07 Å². The molecule has 1 fully saturated rings. The molecule has 7 nitrogen and oxygen atoms in total. The van der Waals surface area contributed by atoms with Crippen molar-refractivity contribution in [2.45, 2.75) is 51.7 Å². The Balaban J connectivity index is 1.78. The number of halogens is 3. The van der Waals surface area contributed by atoms with E-state index in [1.807, 2.05) is 20.8 Å². The molecule has 0 saturated carbocycles. The summed E-state index contributed by atoms with van der Waals surface area (Å²) in [5.41, 5.74) is -1.03. The van der Waals surface area contributed by atoms with Gasteiger partial charge in [-0.3, -0.25) is 15.2 Å². The molecule has 0 bridgehead atoms. The number of aromatic amines is 1. The zero-order valence-corrected chi connectivity index (χ0v) is 17.2. The van der Waals surface area contributed by atoms with E-state index in [-0.39, 0.29) is 29.1 Å². The molecule has 0 radical (unpaired) electrons. The summed E-state index contributed by atoms with van der Waals surface area (Å²) in [4.78, 5) is 17.0. The Kier molecular flexibility index (Phi) is 6.35. The molecule has 1 aliphatic heterocycles. The predicted molar refractivity (Wildman–Crippen MR) is 108 cm³/mol. The van der Waals surface area contributed by atoms with Crippen molar-refractivity contribution in [1.29, 1.82) is 0 Å². The number of H-pyrrole nitrogens is 1. The Labute approximate surface area is 172 Å². The predicted octanol–water partition coefficient (Wildman–Crippen LogP) is 4.08. The van der Waals surface area contributed by atoms with Gasteiger partial charge in [0.25, 0.3) is 0 Å². The lowest BCUT2D eigenvalue weighted by Gasteiger charge is -2.22. The van der Waals surface area contributed by atoms with Crippen molar-refractivity contribution < 1.29 is 22.7 Å². The number of nitrogens with one attached hydrogen (secondary N) is 3. The number of carbonyl (C=O) groups excluding carboxylic acids is 1. The van der Waals surface area contributed by atoms with Crippen LogP contribution in [0.4, 0.5) is 19.0 Å². The van der Waals surface area contributed by atoms with Crippen molar-refractivity contribution in [2.24, 2.45) is 10.9 Å². The third kappa shape index (κ3) is 5.94. The van der Waals surface area contributed by atoms with Gasteiger partial charge in [0.2, 0.25) is 11.9 Å². The minimum Gasteiger partial charge on any atom is -0.381 e. The van der Waals surface area contributed by atoms with Gasteiger partial charge in [-0.05, 0) is 57.7 Å². The molecule has 2 heterocycles. The number of alkyl halides is 3. The average Bonchev–Trinajstić information content (AvgIpc) is 3.02. The van der Waals surface area contributed by atoms with Crippen molar-refractivity contribution in [2.75, 3.05) is 18.5 Å². The first-order chi connectivity index (χ1) is 14.0. The highest BCUT2D eigenvalue weighted by Gasteiger charge is 2.31. The van der Waals surface area contributed by atoms with Crippen LogP contribution in [0.3, 0.4) is 0 Å². The quantitative estimate of drug-likeness (QED) is 0.510. The first-order valence-electron chi connectivity index (χ1n) is 9.81. The molecule has 0 spiro atoms. The number of guanidine groups is 1. The minimum absolute atomic E-state index is 0.184. The Hall–Kier alpha value is -2.62. The van der Waals surface area contributed by atoms with Gasteiger partial charge in [-0.25, -0.2) is 4.99 Å². The van der Waals surface area contributed by atoms with Crippen LogP contribution < -0.4 is 10.6 Å². The van der Waals surface area contributed by atoms with Crippen LogP contribution in [0.15, 0.2) is 23.2 Å². The maximum atomic E-state index is 12.9. The number of anilines is 1. The van der Waals surface area contributed by atoms with E-state index in [0.29, 0.717) is 25.0 Å². The number of benzene rings is 1. The highest BCUT2D eigenvalue weighted by atomic mass is 19.4. The van der Waals surface area contributed by atoms with E-state index < -0.39 is 17.3 Å². The molecule has 0 unspecified atom stereocenters. The fraction of sp³-hybridized carbons (Fsp3) is 0.550. The first-order valence-corrected chi connectivity index (χ1v) is 9.81. The van der Waals surface area contributed by atoms with Crippen LogP contribution in [0.25, 0.3) is 10.9 Å². The molecule has 2 aromatic rings. The lowest BCUT2D eigenvalue weighted by Crippen LogP contribution is -2.39. The van der Waals surface area contributed by atoms with E-state index in [9.17, 15) is 18.0 Å². The van der Waals surface area contributed by atoms with Crippen LogP contribution in [0, 0.1) is 5.92 Å². The monoisotopic (exact) mass is 425 g/mol. The Morgan fingerprint density at radius 3 is 2.60 bits per heavy atom. The third-order valence-corrected chi connectivity index (χ3v) is 4.65. The maximum absolute atomic E-state index is 12.9. The number of ether oxygens (including phenoxy) is 1. The molecule has 1 saturated heterocycles. The molecular formula is C20H26F3N5O2. The molecule has 3 N–H and O–H groups in total. The molecule has 3 rings (SSSR count). The van der Waals surface area contributed by atoms with E-state index in [1.54, 1.807) is 0 Å². The van der Waals surface area contributed by atoms with Crippen LogP contribution >= 0.6 is 0 Å². The maximum Gasteiger partial charge on any atom is 0.416 e. The smallest absolute Gasteiger partial charge is 0.381 e. The molecule has 164 valence electrons. The molecule has 1 aromatic carbocycles. The normalized spacial score (nSPS) is 16.7. The van der Waals surface area contributed by atoms with Gasteiger partial charge in [0.1, 0.15) is 0 Å². The molecule has 0 atom stereocenters. The van der Waals surface area contributed by atoms with Gasteiger partial charge in [-0.2, -0.15) is 18.3 Å². The van der Waals surface area contributed by atoms with Crippen molar-refractivity contribution in [3.05, 3.63) is 23.8 Å². The molecule has 1 amide bonds. The largest absolute Gasteiger partial charge is 0.416 e. The summed E-state index contributed by atoms with van der Waals surface area (Å²) in [6.07, 6.45) is -2.43. The van der Waals surface area contributed by atoms with Crippen LogP contribution in [-0.4, -0.2) is 40.8 Å². The number of amides is 1. The summed E-state index contributed by atoms with van der Waals surface area (Å²) in [5.74, 6) is 0.555. The summed E-state index contributed by atoms with van der Waals surface area (Å²) in [5, 5.41) is 12.9. The van der Waals surface area contributed by atoms with Gasteiger partial charge >= 0.3 is 6.18 Å². The average molecular weight is 425 g/mol. The van der Waals surface area contributed by atoms with Gasteiger partial charge in [0, 0.05) is 25.0 Å². The van der Waals surface area contributed by atoms with Gasteiger partial charge in [0.05, 0.1) is 16.6 Å². The topological polar surface area (TPSA) is 91.4 Å². The van der Waals surface area contributed by atoms with Gasteiger partial charge in [0.15, 0.2) is 5.82 Å². The number of hydrogen-bond donors (Lipinski definition) is 3. The fourth-order valence-electron chi connectivity index (χ4n) is 3.22. The highest BCUT2D eigenvalue weighted by Crippen LogP contribution is 2.32. The number of hydrogen-bond acceptors (Lipinski definition) is 4. The number of aromatic nitrogens is 2. The third-order valence-electron chi connectivity index (χ3n) is 4.65. The van der Waals surface area contributed by atoms with Gasteiger partial charge in [-0.15, -0.1) is 0 Å². The van der Waals surface area contributed by atoms with E-state index in [4.69, 9.17) is 4.74 Å². The summed E-state index contributed by atoms with van der Waals surface area (Å²) in [6.45, 7) is 6.92. The summed E-state index contributed by atoms with van der Waals surface area (Å²) in [6, 6.07) is 3.33. The lowest BCUT2D eigenvalue weighted by atomic mass is 9.96. The molecular weight excluding hydrogens is 399 g/mol. The van der Waals surface area contributed by atoms with Crippen molar-refractivity contribution in [3.63, 3.8) is 0 Å². The van der Waals surface area contributed by atoms with Crippen molar-refractivity contribution in [1.82, 2.24) is 15.5 Å². The zero-order valence-electron chi connectivity index (χ0n) is 17.2. The summed E-state index contributed by atoms with van der Waals surface area (Å²) >= 11 is 0. The Morgan fingerprint density at radius 2 is 1.97 bits per heavy atom. The van der Waals surface area contributed by atoms with Gasteiger partial charge in [-0.1, -0.05) is 0 Å². The molecule has 10 heteroatoms. The van der Waals surface area contributed by atoms with Crippen LogP contribution in [0.5, 0.6) is 0 Å². The van der Waals surface area contributed by atoms with E-state index in [0.717, 1.165) is 25.0 Å². The SMILES string of the molecule is CC(C)(C)N=C(NC(=O)CC1CCOCC1)Nc1n[nH]c2cc(C(F)(F)F)ccc12. The second-order valence-corrected chi connectivity index (χ2v) is 8.39. The number of nitrogens with zero attached hydrogens (tertiary/aromatic N) is 2. The van der Waals surface area contributed by atoms with Gasteiger partial charge < -0.3 is 10.1 Å². The number of fused-ring (bicyclic) bond motifs is 1.